The monoisotopic (exact) mass is 252 g/mol. The molecule has 0 fully saturated rings. The molecule has 0 unspecified atom stereocenters. The topological polar surface area (TPSA) is 43.4 Å². The van der Waals surface area contributed by atoms with Crippen molar-refractivity contribution in [2.75, 3.05) is 0 Å². The third kappa shape index (κ3) is 2.27. The number of ether oxygens (including phenoxy) is 1. The van der Waals surface area contributed by atoms with E-state index in [1.54, 1.807) is 12.1 Å². The first-order valence-corrected chi connectivity index (χ1v) is 6.14. The second-order valence-electron chi connectivity index (χ2n) is 4.50. The fourth-order valence-electron chi connectivity index (χ4n) is 2.23. The SMILES string of the molecule is O=C1C=C[C@@H](OC(=O)c2cccc3ccccc23)C1. The zero-order valence-corrected chi connectivity index (χ0v) is 10.2. The standard InChI is InChI=1S/C16H12O3/c17-12-8-9-13(10-12)19-16(18)15-7-3-5-11-4-1-2-6-14(11)15/h1-9,13H,10H2/t13-/m1/s1. The maximum Gasteiger partial charge on any atom is 0.339 e. The second kappa shape index (κ2) is 4.69. The van der Waals surface area contributed by atoms with Gasteiger partial charge in [-0.1, -0.05) is 36.4 Å². The van der Waals surface area contributed by atoms with Gasteiger partial charge >= 0.3 is 5.97 Å². The van der Waals surface area contributed by atoms with E-state index in [2.05, 4.69) is 0 Å². The fraction of sp³-hybridized carbons (Fsp3) is 0.125. The Hall–Kier alpha value is -2.42. The van der Waals surface area contributed by atoms with Crippen molar-refractivity contribution in [1.29, 1.82) is 0 Å². The number of esters is 1. The number of hydrogen-bond donors (Lipinski definition) is 0. The van der Waals surface area contributed by atoms with Gasteiger partial charge in [0.05, 0.1) is 12.0 Å². The summed E-state index contributed by atoms with van der Waals surface area (Å²) in [5, 5.41) is 1.86. The lowest BCUT2D eigenvalue weighted by atomic mass is 10.0. The minimum atomic E-state index is -0.432. The Morgan fingerprint density at radius 1 is 1.11 bits per heavy atom. The maximum atomic E-state index is 12.2. The number of carbonyl (C=O) groups is 2. The largest absolute Gasteiger partial charge is 0.454 e. The van der Waals surface area contributed by atoms with Gasteiger partial charge in [0.2, 0.25) is 0 Å². The molecule has 19 heavy (non-hydrogen) atoms. The summed E-state index contributed by atoms with van der Waals surface area (Å²) in [6.07, 6.45) is 2.90. The quantitative estimate of drug-likeness (QED) is 0.772. The lowest BCUT2D eigenvalue weighted by molar-refractivity contribution is -0.115. The van der Waals surface area contributed by atoms with Gasteiger partial charge in [-0.25, -0.2) is 4.79 Å². The van der Waals surface area contributed by atoms with E-state index >= 15 is 0 Å². The summed E-state index contributed by atoms with van der Waals surface area (Å²) in [6.45, 7) is 0. The molecule has 3 nitrogen and oxygen atoms in total. The van der Waals surface area contributed by atoms with Crippen LogP contribution in [0.5, 0.6) is 0 Å². The number of rotatable bonds is 2. The van der Waals surface area contributed by atoms with Crippen molar-refractivity contribution in [2.24, 2.45) is 0 Å². The maximum absolute atomic E-state index is 12.2. The van der Waals surface area contributed by atoms with Crippen molar-refractivity contribution in [3.63, 3.8) is 0 Å². The molecule has 1 aliphatic rings. The van der Waals surface area contributed by atoms with E-state index in [-0.39, 0.29) is 18.2 Å². The molecule has 1 aliphatic carbocycles. The number of carbonyl (C=O) groups excluding carboxylic acids is 2. The van der Waals surface area contributed by atoms with E-state index in [9.17, 15) is 9.59 Å². The van der Waals surface area contributed by atoms with Crippen molar-refractivity contribution in [3.8, 4) is 0 Å². The molecule has 0 N–H and O–H groups in total. The molecule has 3 heteroatoms. The minimum absolute atomic E-state index is 0.00396. The van der Waals surface area contributed by atoms with E-state index < -0.39 is 6.10 Å². The van der Waals surface area contributed by atoms with Crippen LogP contribution in [0.4, 0.5) is 0 Å². The number of fused-ring (bicyclic) bond motifs is 1. The predicted octanol–water partition coefficient (Wildman–Crippen LogP) is 2.89. The Morgan fingerprint density at radius 2 is 1.89 bits per heavy atom. The molecule has 0 saturated heterocycles. The molecule has 2 aromatic rings. The molecule has 1 atom stereocenters. The van der Waals surface area contributed by atoms with Gasteiger partial charge in [-0.05, 0) is 29.0 Å². The number of hydrogen-bond acceptors (Lipinski definition) is 3. The first-order valence-electron chi connectivity index (χ1n) is 6.14. The van der Waals surface area contributed by atoms with Crippen molar-refractivity contribution in [2.45, 2.75) is 12.5 Å². The summed E-state index contributed by atoms with van der Waals surface area (Å²) in [5.74, 6) is -0.392. The molecule has 0 aromatic heterocycles. The summed E-state index contributed by atoms with van der Waals surface area (Å²) >= 11 is 0. The van der Waals surface area contributed by atoms with Crippen LogP contribution in [-0.2, 0) is 9.53 Å². The lowest BCUT2D eigenvalue weighted by Gasteiger charge is -2.11. The third-order valence-electron chi connectivity index (χ3n) is 3.17. The van der Waals surface area contributed by atoms with Gasteiger partial charge in [0.25, 0.3) is 0 Å². The molecule has 0 aliphatic heterocycles. The van der Waals surface area contributed by atoms with Crippen molar-refractivity contribution < 1.29 is 14.3 Å². The highest BCUT2D eigenvalue weighted by Gasteiger charge is 2.21. The first kappa shape index (κ1) is 11.7. The summed E-state index contributed by atoms with van der Waals surface area (Å²) in [7, 11) is 0. The van der Waals surface area contributed by atoms with Crippen LogP contribution in [0.3, 0.4) is 0 Å². The Labute approximate surface area is 110 Å². The summed E-state index contributed by atoms with van der Waals surface area (Å²) in [6, 6.07) is 13.2. The molecular weight excluding hydrogens is 240 g/mol. The van der Waals surface area contributed by atoms with E-state index in [4.69, 9.17) is 4.74 Å². The van der Waals surface area contributed by atoms with Crippen LogP contribution in [-0.4, -0.2) is 17.9 Å². The van der Waals surface area contributed by atoms with Crippen molar-refractivity contribution in [1.82, 2.24) is 0 Å². The van der Waals surface area contributed by atoms with E-state index in [1.807, 2.05) is 36.4 Å². The zero-order valence-electron chi connectivity index (χ0n) is 10.2. The van der Waals surface area contributed by atoms with Gasteiger partial charge in [0.1, 0.15) is 6.10 Å². The summed E-state index contributed by atoms with van der Waals surface area (Å²) in [4.78, 5) is 23.3. The van der Waals surface area contributed by atoms with Crippen molar-refractivity contribution >= 4 is 22.5 Å². The Bertz CT molecular complexity index is 680. The van der Waals surface area contributed by atoms with Gasteiger partial charge in [-0.2, -0.15) is 0 Å². The van der Waals surface area contributed by atoms with Crippen LogP contribution in [0.25, 0.3) is 10.8 Å². The van der Waals surface area contributed by atoms with Crippen LogP contribution in [0, 0.1) is 0 Å². The molecule has 0 bridgehead atoms. The van der Waals surface area contributed by atoms with Gasteiger partial charge in [0.15, 0.2) is 5.78 Å². The first-order chi connectivity index (χ1) is 9.24. The van der Waals surface area contributed by atoms with E-state index in [0.29, 0.717) is 5.56 Å². The summed E-state index contributed by atoms with van der Waals surface area (Å²) < 4.78 is 5.33. The molecule has 3 rings (SSSR count). The van der Waals surface area contributed by atoms with Gasteiger partial charge in [-0.15, -0.1) is 0 Å². The molecule has 0 radical (unpaired) electrons. The van der Waals surface area contributed by atoms with Gasteiger partial charge in [-0.3, -0.25) is 4.79 Å². The molecule has 0 heterocycles. The van der Waals surface area contributed by atoms with Crippen LogP contribution < -0.4 is 0 Å². The molecule has 94 valence electrons. The molecule has 0 amide bonds. The Kier molecular flexibility index (Phi) is 2.88. The predicted molar refractivity (Wildman–Crippen MR) is 71.9 cm³/mol. The molecular formula is C16H12O3. The van der Waals surface area contributed by atoms with Gasteiger partial charge in [0, 0.05) is 0 Å². The Morgan fingerprint density at radius 3 is 2.68 bits per heavy atom. The van der Waals surface area contributed by atoms with Crippen LogP contribution in [0.15, 0.2) is 54.6 Å². The molecule has 2 aromatic carbocycles. The highest BCUT2D eigenvalue weighted by Crippen LogP contribution is 2.21. The molecule has 0 saturated carbocycles. The number of ketones is 1. The summed E-state index contributed by atoms with van der Waals surface area (Å²) in [5.41, 5.74) is 0.533. The average Bonchev–Trinajstić information content (AvgIpc) is 2.83. The average molecular weight is 252 g/mol. The van der Waals surface area contributed by atoms with Crippen molar-refractivity contribution in [3.05, 3.63) is 60.2 Å². The van der Waals surface area contributed by atoms with Crippen LogP contribution in [0.2, 0.25) is 0 Å². The van der Waals surface area contributed by atoms with E-state index in [1.165, 1.54) is 6.08 Å². The normalized spacial score (nSPS) is 17.9. The minimum Gasteiger partial charge on any atom is -0.454 e. The fourth-order valence-corrected chi connectivity index (χ4v) is 2.23. The van der Waals surface area contributed by atoms with Crippen LogP contribution >= 0.6 is 0 Å². The van der Waals surface area contributed by atoms with Gasteiger partial charge < -0.3 is 4.74 Å². The third-order valence-corrected chi connectivity index (χ3v) is 3.17. The number of benzene rings is 2. The highest BCUT2D eigenvalue weighted by molar-refractivity contribution is 6.04. The lowest BCUT2D eigenvalue weighted by Crippen LogP contribution is -2.15. The van der Waals surface area contributed by atoms with Crippen LogP contribution in [0.1, 0.15) is 16.8 Å². The highest BCUT2D eigenvalue weighted by atomic mass is 16.5. The molecule has 0 spiro atoms. The number of allylic oxidation sites excluding steroid dienone is 1. The van der Waals surface area contributed by atoms with E-state index in [0.717, 1.165) is 10.8 Å². The second-order valence-corrected chi connectivity index (χ2v) is 4.50. The Balaban J connectivity index is 1.90. The smallest absolute Gasteiger partial charge is 0.339 e. The zero-order chi connectivity index (χ0) is 13.2.